The first-order valence-corrected chi connectivity index (χ1v) is 6.63. The SMILES string of the molecule is CCCCN(CC)C(=O)c1cc(Br)ccc1F. The molecule has 0 heterocycles. The Hall–Kier alpha value is -0.900. The van der Waals surface area contributed by atoms with Crippen molar-refractivity contribution in [2.45, 2.75) is 26.7 Å². The van der Waals surface area contributed by atoms with Gasteiger partial charge in [0.15, 0.2) is 0 Å². The molecular formula is C13H17BrFNO. The minimum Gasteiger partial charge on any atom is -0.339 e. The van der Waals surface area contributed by atoms with Crippen LogP contribution in [-0.4, -0.2) is 23.9 Å². The molecule has 0 aromatic heterocycles. The molecule has 0 radical (unpaired) electrons. The second kappa shape index (κ2) is 6.74. The number of nitrogens with zero attached hydrogens (tertiary/aromatic N) is 1. The van der Waals surface area contributed by atoms with Gasteiger partial charge in [-0.1, -0.05) is 29.3 Å². The molecule has 4 heteroatoms. The summed E-state index contributed by atoms with van der Waals surface area (Å²) >= 11 is 3.25. The average molecular weight is 302 g/mol. The third-order valence-electron chi connectivity index (χ3n) is 2.61. The lowest BCUT2D eigenvalue weighted by Crippen LogP contribution is -2.32. The molecule has 0 aliphatic heterocycles. The number of hydrogen-bond donors (Lipinski definition) is 0. The fourth-order valence-corrected chi connectivity index (χ4v) is 1.95. The standard InChI is InChI=1S/C13H17BrFNO/c1-3-5-8-16(4-2)13(17)11-9-10(14)6-7-12(11)15/h6-7,9H,3-5,8H2,1-2H3. The van der Waals surface area contributed by atoms with E-state index in [4.69, 9.17) is 0 Å². The Morgan fingerprint density at radius 2 is 2.12 bits per heavy atom. The van der Waals surface area contributed by atoms with E-state index < -0.39 is 5.82 Å². The van der Waals surface area contributed by atoms with E-state index in [1.54, 1.807) is 11.0 Å². The Morgan fingerprint density at radius 1 is 1.41 bits per heavy atom. The quantitative estimate of drug-likeness (QED) is 0.809. The van der Waals surface area contributed by atoms with Gasteiger partial charge in [0.2, 0.25) is 0 Å². The second-order valence-electron chi connectivity index (χ2n) is 3.86. The number of benzene rings is 1. The molecule has 17 heavy (non-hydrogen) atoms. The lowest BCUT2D eigenvalue weighted by atomic mass is 10.1. The number of hydrogen-bond acceptors (Lipinski definition) is 1. The van der Waals surface area contributed by atoms with Gasteiger partial charge in [-0.25, -0.2) is 4.39 Å². The minimum atomic E-state index is -0.465. The molecular weight excluding hydrogens is 285 g/mol. The number of rotatable bonds is 5. The number of carbonyl (C=O) groups excluding carboxylic acids is 1. The Labute approximate surface area is 110 Å². The van der Waals surface area contributed by atoms with Gasteiger partial charge in [-0.3, -0.25) is 4.79 Å². The Balaban J connectivity index is 2.89. The van der Waals surface area contributed by atoms with Crippen molar-refractivity contribution in [3.63, 3.8) is 0 Å². The van der Waals surface area contributed by atoms with Crippen molar-refractivity contribution in [3.05, 3.63) is 34.1 Å². The summed E-state index contributed by atoms with van der Waals surface area (Å²) in [5, 5.41) is 0. The summed E-state index contributed by atoms with van der Waals surface area (Å²) in [5.74, 6) is -0.701. The zero-order valence-corrected chi connectivity index (χ0v) is 11.8. The molecule has 1 aromatic carbocycles. The topological polar surface area (TPSA) is 20.3 Å². The summed E-state index contributed by atoms with van der Waals surface area (Å²) in [4.78, 5) is 13.8. The van der Waals surface area contributed by atoms with Crippen molar-refractivity contribution in [3.8, 4) is 0 Å². The van der Waals surface area contributed by atoms with Crippen molar-refractivity contribution in [1.29, 1.82) is 0 Å². The van der Waals surface area contributed by atoms with Gasteiger partial charge in [-0.05, 0) is 31.5 Å². The van der Waals surface area contributed by atoms with Gasteiger partial charge in [0, 0.05) is 17.6 Å². The highest BCUT2D eigenvalue weighted by Crippen LogP contribution is 2.17. The van der Waals surface area contributed by atoms with Gasteiger partial charge in [-0.15, -0.1) is 0 Å². The summed E-state index contributed by atoms with van der Waals surface area (Å²) < 4.78 is 14.3. The first kappa shape index (κ1) is 14.2. The molecule has 0 saturated carbocycles. The summed E-state index contributed by atoms with van der Waals surface area (Å²) in [7, 11) is 0. The van der Waals surface area contributed by atoms with E-state index in [9.17, 15) is 9.18 Å². The molecule has 2 nitrogen and oxygen atoms in total. The van der Waals surface area contributed by atoms with Crippen LogP contribution < -0.4 is 0 Å². The molecule has 1 aromatic rings. The summed E-state index contributed by atoms with van der Waals surface area (Å²) in [6.07, 6.45) is 1.96. The number of halogens is 2. The van der Waals surface area contributed by atoms with Crippen LogP contribution in [0.1, 0.15) is 37.0 Å². The van der Waals surface area contributed by atoms with Crippen LogP contribution in [0.5, 0.6) is 0 Å². The smallest absolute Gasteiger partial charge is 0.256 e. The predicted molar refractivity (Wildman–Crippen MR) is 70.6 cm³/mol. The van der Waals surface area contributed by atoms with Gasteiger partial charge in [0.25, 0.3) is 5.91 Å². The maximum atomic E-state index is 13.6. The van der Waals surface area contributed by atoms with Gasteiger partial charge in [-0.2, -0.15) is 0 Å². The molecule has 0 aliphatic rings. The molecule has 0 aliphatic carbocycles. The molecule has 0 bridgehead atoms. The first-order valence-electron chi connectivity index (χ1n) is 5.84. The van der Waals surface area contributed by atoms with E-state index in [2.05, 4.69) is 22.9 Å². The van der Waals surface area contributed by atoms with Crippen LogP contribution >= 0.6 is 15.9 Å². The van der Waals surface area contributed by atoms with Crippen molar-refractivity contribution in [2.24, 2.45) is 0 Å². The maximum absolute atomic E-state index is 13.6. The predicted octanol–water partition coefficient (Wildman–Crippen LogP) is 3.85. The maximum Gasteiger partial charge on any atom is 0.256 e. The number of amides is 1. The zero-order chi connectivity index (χ0) is 12.8. The fraction of sp³-hybridized carbons (Fsp3) is 0.462. The zero-order valence-electron chi connectivity index (χ0n) is 10.2. The number of carbonyl (C=O) groups is 1. The third kappa shape index (κ3) is 3.80. The first-order chi connectivity index (χ1) is 8.10. The summed E-state index contributed by atoms with van der Waals surface area (Å²) in [5.41, 5.74) is 0.136. The number of unbranched alkanes of at least 4 members (excludes halogenated alkanes) is 1. The molecule has 0 unspecified atom stereocenters. The van der Waals surface area contributed by atoms with E-state index >= 15 is 0 Å². The average Bonchev–Trinajstić information content (AvgIpc) is 2.33. The second-order valence-corrected chi connectivity index (χ2v) is 4.78. The van der Waals surface area contributed by atoms with Crippen LogP contribution in [0.4, 0.5) is 4.39 Å². The van der Waals surface area contributed by atoms with Crippen molar-refractivity contribution >= 4 is 21.8 Å². The van der Waals surface area contributed by atoms with Crippen molar-refractivity contribution < 1.29 is 9.18 Å². The highest BCUT2D eigenvalue weighted by atomic mass is 79.9. The minimum absolute atomic E-state index is 0.136. The molecule has 0 saturated heterocycles. The Bertz CT molecular complexity index is 395. The lowest BCUT2D eigenvalue weighted by molar-refractivity contribution is 0.0757. The van der Waals surface area contributed by atoms with Gasteiger partial charge in [0.05, 0.1) is 5.56 Å². The van der Waals surface area contributed by atoms with E-state index in [1.807, 2.05) is 6.92 Å². The highest BCUT2D eigenvalue weighted by molar-refractivity contribution is 9.10. The molecule has 94 valence electrons. The molecule has 0 fully saturated rings. The van der Waals surface area contributed by atoms with E-state index in [1.165, 1.54) is 12.1 Å². The van der Waals surface area contributed by atoms with Crippen LogP contribution in [0.3, 0.4) is 0 Å². The molecule has 0 atom stereocenters. The molecule has 1 amide bonds. The monoisotopic (exact) mass is 301 g/mol. The normalized spacial score (nSPS) is 10.4. The molecule has 0 spiro atoms. The van der Waals surface area contributed by atoms with Gasteiger partial charge < -0.3 is 4.90 Å². The van der Waals surface area contributed by atoms with Crippen LogP contribution in [0, 0.1) is 5.82 Å². The van der Waals surface area contributed by atoms with Gasteiger partial charge in [0.1, 0.15) is 5.82 Å². The van der Waals surface area contributed by atoms with E-state index in [-0.39, 0.29) is 11.5 Å². The Kier molecular flexibility index (Phi) is 5.62. The molecule has 0 N–H and O–H groups in total. The summed E-state index contributed by atoms with van der Waals surface area (Å²) in [6.45, 7) is 5.25. The molecule has 1 rings (SSSR count). The lowest BCUT2D eigenvalue weighted by Gasteiger charge is -2.21. The third-order valence-corrected chi connectivity index (χ3v) is 3.10. The van der Waals surface area contributed by atoms with Crippen molar-refractivity contribution in [1.82, 2.24) is 4.90 Å². The van der Waals surface area contributed by atoms with Crippen LogP contribution in [0.2, 0.25) is 0 Å². The van der Waals surface area contributed by atoms with E-state index in [0.29, 0.717) is 17.6 Å². The van der Waals surface area contributed by atoms with Crippen LogP contribution in [-0.2, 0) is 0 Å². The van der Waals surface area contributed by atoms with Gasteiger partial charge >= 0.3 is 0 Å². The summed E-state index contributed by atoms with van der Waals surface area (Å²) in [6, 6.07) is 4.44. The fourth-order valence-electron chi connectivity index (χ4n) is 1.58. The Morgan fingerprint density at radius 3 is 2.71 bits per heavy atom. The van der Waals surface area contributed by atoms with Crippen LogP contribution in [0.15, 0.2) is 22.7 Å². The largest absolute Gasteiger partial charge is 0.339 e. The van der Waals surface area contributed by atoms with Crippen LogP contribution in [0.25, 0.3) is 0 Å². The van der Waals surface area contributed by atoms with E-state index in [0.717, 1.165) is 12.8 Å². The van der Waals surface area contributed by atoms with Crippen molar-refractivity contribution in [2.75, 3.05) is 13.1 Å². The highest BCUT2D eigenvalue weighted by Gasteiger charge is 2.17.